The van der Waals surface area contributed by atoms with Crippen LogP contribution < -0.4 is 5.32 Å². The van der Waals surface area contributed by atoms with Gasteiger partial charge in [0.25, 0.3) is 0 Å². The topological polar surface area (TPSA) is 69.6 Å². The smallest absolute Gasteiger partial charge is 0.220 e. The van der Waals surface area contributed by atoms with Crippen LogP contribution in [0.5, 0.6) is 0 Å². The third-order valence-electron chi connectivity index (χ3n) is 9.76. The molecule has 292 valence electrons. The minimum atomic E-state index is -0.870. The van der Waals surface area contributed by atoms with E-state index in [0.717, 1.165) is 38.5 Å². The highest BCUT2D eigenvalue weighted by molar-refractivity contribution is 5.76. The van der Waals surface area contributed by atoms with Crippen molar-refractivity contribution in [3.8, 4) is 0 Å². The molecule has 0 saturated carbocycles. The Morgan fingerprint density at radius 2 is 0.780 bits per heavy atom. The third-order valence-corrected chi connectivity index (χ3v) is 9.76. The van der Waals surface area contributed by atoms with Gasteiger partial charge in [-0.15, -0.1) is 0 Å². The summed E-state index contributed by atoms with van der Waals surface area (Å²) < 4.78 is 0. The van der Waals surface area contributed by atoms with Crippen LogP contribution in [-0.2, 0) is 4.79 Å². The summed E-state index contributed by atoms with van der Waals surface area (Å²) in [4.78, 5) is 12.4. The molecule has 0 aliphatic heterocycles. The van der Waals surface area contributed by atoms with Crippen LogP contribution in [0.1, 0.15) is 219 Å². The lowest BCUT2D eigenvalue weighted by Crippen LogP contribution is -2.45. The van der Waals surface area contributed by atoms with Crippen LogP contribution in [0.3, 0.4) is 0 Å². The van der Waals surface area contributed by atoms with E-state index in [0.29, 0.717) is 6.42 Å². The molecule has 0 spiro atoms. The number of aliphatic hydroxyl groups excluding tert-OH is 2. The number of amides is 1. The van der Waals surface area contributed by atoms with E-state index in [1.165, 1.54) is 161 Å². The van der Waals surface area contributed by atoms with E-state index < -0.39 is 12.1 Å². The number of rotatable bonds is 39. The van der Waals surface area contributed by atoms with Gasteiger partial charge in [-0.25, -0.2) is 0 Å². The summed E-state index contributed by atoms with van der Waals surface area (Å²) in [7, 11) is 0. The maximum Gasteiger partial charge on any atom is 0.220 e. The van der Waals surface area contributed by atoms with Crippen molar-refractivity contribution in [3.63, 3.8) is 0 Å². The number of hydrogen-bond donors (Lipinski definition) is 3. The number of carbonyl (C=O) groups is 1. The van der Waals surface area contributed by atoms with Crippen LogP contribution >= 0.6 is 0 Å². The predicted octanol–water partition coefficient (Wildman–Crippen LogP) is 13.6. The van der Waals surface area contributed by atoms with Crippen molar-refractivity contribution in [2.45, 2.75) is 231 Å². The molecule has 0 rings (SSSR count). The summed E-state index contributed by atoms with van der Waals surface area (Å²) in [6.45, 7) is 4.26. The summed E-state index contributed by atoms with van der Waals surface area (Å²) >= 11 is 0. The zero-order valence-electron chi connectivity index (χ0n) is 33.4. The second kappa shape index (κ2) is 41.8. The van der Waals surface area contributed by atoms with Gasteiger partial charge in [0.2, 0.25) is 5.91 Å². The molecular formula is C46H85NO3. The highest BCUT2D eigenvalue weighted by atomic mass is 16.3. The van der Waals surface area contributed by atoms with E-state index in [4.69, 9.17) is 0 Å². The van der Waals surface area contributed by atoms with Crippen LogP contribution in [-0.4, -0.2) is 34.9 Å². The Morgan fingerprint density at radius 1 is 0.460 bits per heavy atom. The fourth-order valence-corrected chi connectivity index (χ4v) is 6.38. The summed E-state index contributed by atoms with van der Waals surface area (Å²) in [5.41, 5.74) is 0. The number of unbranched alkanes of at least 4 members (excludes halogenated alkanes) is 26. The second-order valence-electron chi connectivity index (χ2n) is 14.7. The lowest BCUT2D eigenvalue weighted by molar-refractivity contribution is -0.123. The van der Waals surface area contributed by atoms with Crippen LogP contribution in [0.15, 0.2) is 48.6 Å². The number of allylic oxidation sites excluding steroid dienone is 7. The zero-order valence-corrected chi connectivity index (χ0v) is 33.4. The van der Waals surface area contributed by atoms with Gasteiger partial charge in [0, 0.05) is 6.42 Å². The maximum absolute atomic E-state index is 12.4. The van der Waals surface area contributed by atoms with E-state index in [1.54, 1.807) is 6.08 Å². The minimum Gasteiger partial charge on any atom is -0.394 e. The molecule has 4 nitrogen and oxygen atoms in total. The Hall–Kier alpha value is -1.65. The molecular weight excluding hydrogens is 615 g/mol. The minimum absolute atomic E-state index is 0.0815. The molecule has 1 amide bonds. The van der Waals surface area contributed by atoms with Gasteiger partial charge in [-0.1, -0.05) is 191 Å². The molecule has 2 unspecified atom stereocenters. The van der Waals surface area contributed by atoms with Crippen molar-refractivity contribution in [1.82, 2.24) is 5.32 Å². The Labute approximate surface area is 312 Å². The molecule has 0 aliphatic carbocycles. The first-order valence-corrected chi connectivity index (χ1v) is 21.9. The molecule has 50 heavy (non-hydrogen) atoms. The first-order chi connectivity index (χ1) is 24.7. The van der Waals surface area contributed by atoms with Crippen molar-refractivity contribution < 1.29 is 15.0 Å². The summed E-state index contributed by atoms with van der Waals surface area (Å²) in [6, 6.07) is -0.645. The van der Waals surface area contributed by atoms with E-state index in [1.807, 2.05) is 6.08 Å². The highest BCUT2D eigenvalue weighted by Gasteiger charge is 2.17. The van der Waals surface area contributed by atoms with Gasteiger partial charge in [-0.2, -0.15) is 0 Å². The normalized spacial score (nSPS) is 13.4. The van der Waals surface area contributed by atoms with Crippen molar-refractivity contribution in [2.24, 2.45) is 0 Å². The molecule has 0 aromatic carbocycles. The molecule has 0 saturated heterocycles. The quantitative estimate of drug-likeness (QED) is 0.0442. The van der Waals surface area contributed by atoms with Gasteiger partial charge in [0.05, 0.1) is 18.8 Å². The fourth-order valence-electron chi connectivity index (χ4n) is 6.38. The molecule has 0 aromatic rings. The summed E-state index contributed by atoms with van der Waals surface area (Å²) in [5.74, 6) is -0.0815. The average Bonchev–Trinajstić information content (AvgIpc) is 3.12. The number of nitrogens with one attached hydrogen (secondary N) is 1. The summed E-state index contributed by atoms with van der Waals surface area (Å²) in [5, 5.41) is 22.9. The Kier molecular flexibility index (Phi) is 40.4. The first kappa shape index (κ1) is 48.3. The van der Waals surface area contributed by atoms with Gasteiger partial charge in [-0.05, 0) is 70.6 Å². The predicted molar refractivity (Wildman–Crippen MR) is 221 cm³/mol. The zero-order chi connectivity index (χ0) is 36.4. The lowest BCUT2D eigenvalue weighted by atomic mass is 10.0. The molecule has 0 aromatic heterocycles. The number of aliphatic hydroxyl groups is 2. The monoisotopic (exact) mass is 700 g/mol. The number of hydrogen-bond acceptors (Lipinski definition) is 3. The van der Waals surface area contributed by atoms with Gasteiger partial charge < -0.3 is 15.5 Å². The van der Waals surface area contributed by atoms with Gasteiger partial charge in [0.15, 0.2) is 0 Å². The SMILES string of the molecule is CCCCC/C=C/CC/C=C/CC/C=C/C(O)C(CO)NC(=O)CCCCCCCCCCC/C=C\CCCCCCCCCCCCCC. The molecule has 0 bridgehead atoms. The molecule has 0 aliphatic rings. The summed E-state index contributed by atoms with van der Waals surface area (Å²) in [6.07, 6.45) is 56.5. The highest BCUT2D eigenvalue weighted by Crippen LogP contribution is 2.14. The van der Waals surface area contributed by atoms with Gasteiger partial charge >= 0.3 is 0 Å². The van der Waals surface area contributed by atoms with E-state index in [2.05, 4.69) is 55.6 Å². The average molecular weight is 700 g/mol. The standard InChI is InChI=1S/C46H85NO3/c1-3-5-7-9-11-13-15-17-18-19-20-21-22-23-24-25-26-27-28-30-32-34-36-38-40-42-46(50)47-44(43-48)45(49)41-39-37-35-33-31-29-16-14-12-10-8-6-4-2/h12,14,23-24,31,33,39,41,44-45,48-49H,3-11,13,15-22,25-30,32,34-38,40,42-43H2,1-2H3,(H,47,50)/b14-12+,24-23-,33-31+,41-39+. The molecule has 3 N–H and O–H groups in total. The van der Waals surface area contributed by atoms with Gasteiger partial charge in [-0.3, -0.25) is 4.79 Å². The van der Waals surface area contributed by atoms with E-state index in [-0.39, 0.29) is 12.5 Å². The maximum atomic E-state index is 12.4. The van der Waals surface area contributed by atoms with Crippen LogP contribution in [0.25, 0.3) is 0 Å². The van der Waals surface area contributed by atoms with Gasteiger partial charge in [0.1, 0.15) is 0 Å². The van der Waals surface area contributed by atoms with Crippen molar-refractivity contribution in [3.05, 3.63) is 48.6 Å². The van der Waals surface area contributed by atoms with Crippen molar-refractivity contribution in [2.75, 3.05) is 6.61 Å². The van der Waals surface area contributed by atoms with Crippen molar-refractivity contribution >= 4 is 5.91 Å². The number of carbonyl (C=O) groups excluding carboxylic acids is 1. The Bertz CT molecular complexity index is 801. The third kappa shape index (κ3) is 37.6. The molecule has 0 heterocycles. The fraction of sp³-hybridized carbons (Fsp3) is 0.804. The van der Waals surface area contributed by atoms with E-state index >= 15 is 0 Å². The van der Waals surface area contributed by atoms with Crippen molar-refractivity contribution in [1.29, 1.82) is 0 Å². The first-order valence-electron chi connectivity index (χ1n) is 21.9. The van der Waals surface area contributed by atoms with Crippen LogP contribution in [0.4, 0.5) is 0 Å². The molecule has 0 radical (unpaired) electrons. The lowest BCUT2D eigenvalue weighted by Gasteiger charge is -2.19. The van der Waals surface area contributed by atoms with Crippen LogP contribution in [0, 0.1) is 0 Å². The molecule has 0 fully saturated rings. The molecule has 2 atom stereocenters. The Balaban J connectivity index is 3.57. The Morgan fingerprint density at radius 3 is 1.20 bits per heavy atom. The van der Waals surface area contributed by atoms with E-state index in [9.17, 15) is 15.0 Å². The molecule has 4 heteroatoms. The largest absolute Gasteiger partial charge is 0.394 e. The second-order valence-corrected chi connectivity index (χ2v) is 14.7. The van der Waals surface area contributed by atoms with Crippen LogP contribution in [0.2, 0.25) is 0 Å².